The van der Waals surface area contributed by atoms with E-state index in [-0.39, 0.29) is 6.10 Å². The molecule has 4 rings (SSSR count). The molecule has 0 aromatic heterocycles. The van der Waals surface area contributed by atoms with Crippen molar-refractivity contribution in [2.24, 2.45) is 0 Å². The highest BCUT2D eigenvalue weighted by Gasteiger charge is 2.23. The molecule has 4 aromatic rings. The molecular weight excluding hydrogens is 402 g/mol. The minimum atomic E-state index is -0.598. The molecule has 0 aliphatic heterocycles. The van der Waals surface area contributed by atoms with E-state index < -0.39 is 15.8 Å². The number of aliphatic hydroxyl groups is 1. The smallest absolute Gasteiger partial charge is 0.0630 e. The molecule has 0 aliphatic carbocycles. The highest BCUT2D eigenvalue weighted by atomic mass is 31.1. The van der Waals surface area contributed by atoms with Gasteiger partial charge in [0.2, 0.25) is 0 Å². The van der Waals surface area contributed by atoms with Gasteiger partial charge in [-0.25, -0.2) is 0 Å². The summed E-state index contributed by atoms with van der Waals surface area (Å²) in [6, 6.07) is 42.6. The summed E-state index contributed by atoms with van der Waals surface area (Å²) in [5, 5.41) is 16.6. The minimum absolute atomic E-state index is 0.358. The fraction of sp³-hybridized carbons (Fsp3) is 0.111. The second-order valence-corrected chi connectivity index (χ2v) is 11.7. The molecule has 0 fully saturated rings. The quantitative estimate of drug-likeness (QED) is 0.407. The SMILES string of the molecule is OC(CP(c1ccccc1)c1ccccc1)CP(c1ccccc1)c1ccccc1. The molecule has 3 heteroatoms. The van der Waals surface area contributed by atoms with Crippen LogP contribution in [0.3, 0.4) is 0 Å². The highest BCUT2D eigenvalue weighted by Crippen LogP contribution is 2.39. The van der Waals surface area contributed by atoms with Crippen LogP contribution in [0.15, 0.2) is 121 Å². The van der Waals surface area contributed by atoms with Gasteiger partial charge in [0.25, 0.3) is 0 Å². The number of benzene rings is 4. The van der Waals surface area contributed by atoms with E-state index in [2.05, 4.69) is 121 Å². The van der Waals surface area contributed by atoms with Crippen molar-refractivity contribution in [3.63, 3.8) is 0 Å². The van der Waals surface area contributed by atoms with E-state index in [0.29, 0.717) is 0 Å². The molecule has 0 bridgehead atoms. The number of aliphatic hydroxyl groups excluding tert-OH is 1. The van der Waals surface area contributed by atoms with Gasteiger partial charge < -0.3 is 5.11 Å². The first-order chi connectivity index (χ1) is 14.8. The Morgan fingerprint density at radius 3 is 0.900 bits per heavy atom. The molecule has 0 radical (unpaired) electrons. The summed E-state index contributed by atoms with van der Waals surface area (Å²) in [4.78, 5) is 0. The average Bonchev–Trinajstić information content (AvgIpc) is 2.83. The lowest BCUT2D eigenvalue weighted by atomic mass is 10.4. The number of hydrogen-bond donors (Lipinski definition) is 1. The van der Waals surface area contributed by atoms with Crippen LogP contribution in [0.1, 0.15) is 0 Å². The maximum atomic E-state index is 11.3. The second-order valence-electron chi connectivity index (χ2n) is 7.22. The Morgan fingerprint density at radius 2 is 0.667 bits per heavy atom. The van der Waals surface area contributed by atoms with Gasteiger partial charge in [0, 0.05) is 12.3 Å². The van der Waals surface area contributed by atoms with E-state index in [4.69, 9.17) is 0 Å². The monoisotopic (exact) mass is 428 g/mol. The molecule has 1 N–H and O–H groups in total. The first-order valence-corrected chi connectivity index (χ1v) is 13.3. The molecule has 0 spiro atoms. The summed E-state index contributed by atoms with van der Waals surface area (Å²) in [6.07, 6.45) is 1.20. The van der Waals surface area contributed by atoms with Crippen LogP contribution in [-0.4, -0.2) is 23.5 Å². The van der Waals surface area contributed by atoms with E-state index in [9.17, 15) is 5.11 Å². The van der Waals surface area contributed by atoms with Gasteiger partial charge in [-0.15, -0.1) is 0 Å². The van der Waals surface area contributed by atoms with Crippen molar-refractivity contribution in [1.29, 1.82) is 0 Å². The zero-order chi connectivity index (χ0) is 20.6. The Balaban J connectivity index is 1.59. The molecule has 0 saturated carbocycles. The second kappa shape index (κ2) is 10.6. The van der Waals surface area contributed by atoms with Crippen LogP contribution >= 0.6 is 15.8 Å². The van der Waals surface area contributed by atoms with Gasteiger partial charge in [-0.1, -0.05) is 121 Å². The molecule has 0 amide bonds. The largest absolute Gasteiger partial charge is 0.392 e. The van der Waals surface area contributed by atoms with E-state index in [1.807, 2.05) is 0 Å². The summed E-state index contributed by atoms with van der Waals surface area (Å²) in [7, 11) is -1.20. The Labute approximate surface area is 181 Å². The topological polar surface area (TPSA) is 20.2 Å². The van der Waals surface area contributed by atoms with Gasteiger partial charge in [-0.3, -0.25) is 0 Å². The van der Waals surface area contributed by atoms with Gasteiger partial charge in [0.15, 0.2) is 0 Å². The standard InChI is InChI=1S/C27H26OP2/c28-23(21-29(24-13-5-1-6-14-24)25-15-7-2-8-16-25)22-30(26-17-9-3-10-18-26)27-19-11-4-12-20-27/h1-20,23,28H,21-22H2. The molecule has 0 unspecified atom stereocenters. The van der Waals surface area contributed by atoms with E-state index in [1.54, 1.807) is 0 Å². The first kappa shape index (κ1) is 21.0. The Morgan fingerprint density at radius 1 is 0.433 bits per heavy atom. The highest BCUT2D eigenvalue weighted by molar-refractivity contribution is 7.74. The number of rotatable bonds is 8. The summed E-state index contributed by atoms with van der Waals surface area (Å²) in [5.74, 6) is 0. The first-order valence-electron chi connectivity index (χ1n) is 10.2. The molecule has 0 saturated heterocycles. The molecule has 30 heavy (non-hydrogen) atoms. The van der Waals surface area contributed by atoms with Gasteiger partial charge in [-0.05, 0) is 37.1 Å². The molecule has 0 heterocycles. The van der Waals surface area contributed by atoms with Crippen molar-refractivity contribution in [3.05, 3.63) is 121 Å². The molecule has 0 atom stereocenters. The summed E-state index contributed by atoms with van der Waals surface area (Å²) < 4.78 is 0. The van der Waals surface area contributed by atoms with Crippen LogP contribution in [-0.2, 0) is 0 Å². The van der Waals surface area contributed by atoms with Crippen LogP contribution in [0.25, 0.3) is 0 Å². The summed E-state index contributed by atoms with van der Waals surface area (Å²) in [6.45, 7) is 0. The van der Waals surface area contributed by atoms with Gasteiger partial charge in [0.1, 0.15) is 0 Å². The van der Waals surface area contributed by atoms with E-state index >= 15 is 0 Å². The van der Waals surface area contributed by atoms with Crippen molar-refractivity contribution < 1.29 is 5.11 Å². The third-order valence-corrected chi connectivity index (χ3v) is 10.3. The average molecular weight is 428 g/mol. The minimum Gasteiger partial charge on any atom is -0.392 e. The van der Waals surface area contributed by atoms with Crippen molar-refractivity contribution in [2.75, 3.05) is 12.3 Å². The summed E-state index contributed by atoms with van der Waals surface area (Å²) in [5.41, 5.74) is 0. The van der Waals surface area contributed by atoms with Crippen LogP contribution < -0.4 is 21.2 Å². The van der Waals surface area contributed by atoms with E-state index in [0.717, 1.165) is 12.3 Å². The predicted molar refractivity (Wildman–Crippen MR) is 134 cm³/mol. The molecular formula is C27H26OP2. The fourth-order valence-corrected chi connectivity index (χ4v) is 8.50. The lowest BCUT2D eigenvalue weighted by Crippen LogP contribution is -2.27. The zero-order valence-electron chi connectivity index (χ0n) is 16.9. The number of hydrogen-bond acceptors (Lipinski definition) is 1. The third-order valence-electron chi connectivity index (χ3n) is 5.06. The van der Waals surface area contributed by atoms with Crippen molar-refractivity contribution in [3.8, 4) is 0 Å². The molecule has 4 aromatic carbocycles. The van der Waals surface area contributed by atoms with Crippen molar-refractivity contribution in [1.82, 2.24) is 0 Å². The maximum absolute atomic E-state index is 11.3. The summed E-state index contributed by atoms with van der Waals surface area (Å²) >= 11 is 0. The lowest BCUT2D eigenvalue weighted by Gasteiger charge is -2.26. The van der Waals surface area contributed by atoms with Crippen LogP contribution in [0.2, 0.25) is 0 Å². The Hall–Kier alpha value is -2.30. The predicted octanol–water partition coefficient (Wildman–Crippen LogP) is 4.61. The normalized spacial score (nSPS) is 11.3. The van der Waals surface area contributed by atoms with Gasteiger partial charge >= 0.3 is 0 Å². The zero-order valence-corrected chi connectivity index (χ0v) is 18.7. The van der Waals surface area contributed by atoms with Crippen molar-refractivity contribution in [2.45, 2.75) is 6.10 Å². The van der Waals surface area contributed by atoms with Crippen molar-refractivity contribution >= 4 is 37.1 Å². The van der Waals surface area contributed by atoms with E-state index in [1.165, 1.54) is 21.2 Å². The Bertz CT molecular complexity index is 844. The fourth-order valence-electron chi connectivity index (χ4n) is 3.63. The Kier molecular flexibility index (Phi) is 7.44. The lowest BCUT2D eigenvalue weighted by molar-refractivity contribution is 0.223. The van der Waals surface area contributed by atoms with Crippen LogP contribution in [0.5, 0.6) is 0 Å². The molecule has 1 nitrogen and oxygen atoms in total. The maximum Gasteiger partial charge on any atom is 0.0630 e. The third kappa shape index (κ3) is 5.44. The van der Waals surface area contributed by atoms with Crippen LogP contribution in [0.4, 0.5) is 0 Å². The molecule has 0 aliphatic rings. The molecule has 150 valence electrons. The van der Waals surface area contributed by atoms with Crippen LogP contribution in [0, 0.1) is 0 Å². The van der Waals surface area contributed by atoms with Gasteiger partial charge in [0.05, 0.1) is 6.10 Å². The van der Waals surface area contributed by atoms with Gasteiger partial charge in [-0.2, -0.15) is 0 Å².